The number of carbonyl (C=O) groups is 1. The summed E-state index contributed by atoms with van der Waals surface area (Å²) >= 11 is 2.50. The predicted octanol–water partition coefficient (Wildman–Crippen LogP) is 4.32. The minimum absolute atomic E-state index is 0.261. The topological polar surface area (TPSA) is 82.4 Å². The van der Waals surface area contributed by atoms with E-state index in [4.69, 9.17) is 10.1 Å². The molecule has 29 heavy (non-hydrogen) atoms. The minimum atomic E-state index is -0.410. The van der Waals surface area contributed by atoms with Crippen molar-refractivity contribution in [2.75, 3.05) is 31.0 Å². The number of aromatic nitrogens is 2. The first-order valence-corrected chi connectivity index (χ1v) is 10.3. The van der Waals surface area contributed by atoms with E-state index in [9.17, 15) is 4.79 Å². The molecule has 0 aliphatic heterocycles. The van der Waals surface area contributed by atoms with Gasteiger partial charge in [-0.15, -0.1) is 0 Å². The highest BCUT2D eigenvalue weighted by Gasteiger charge is 2.22. The minimum Gasteiger partial charge on any atom is -0.497 e. The predicted molar refractivity (Wildman–Crippen MR) is 121 cm³/mol. The highest BCUT2D eigenvalue weighted by molar-refractivity contribution is 8.04. The molecular weight excluding hydrogens is 406 g/mol. The Balaban J connectivity index is 1.85. The van der Waals surface area contributed by atoms with Gasteiger partial charge in [0.2, 0.25) is 0 Å². The molecule has 3 rings (SSSR count). The fourth-order valence-corrected chi connectivity index (χ4v) is 4.47. The van der Waals surface area contributed by atoms with Crippen LogP contribution in [0.25, 0.3) is 10.2 Å². The highest BCUT2D eigenvalue weighted by atomic mass is 32.2. The van der Waals surface area contributed by atoms with Gasteiger partial charge in [0.15, 0.2) is 5.13 Å². The van der Waals surface area contributed by atoms with Crippen LogP contribution in [0.5, 0.6) is 5.75 Å². The van der Waals surface area contributed by atoms with E-state index >= 15 is 0 Å². The standard InChI is InChI=1S/C20H21N5O2S2/c1-12-16(24(3)4)8-9-22-18(12)28-13(2)19(26)25(11-21)20-23-15-7-6-14(27-5)10-17(15)29-20/h6-11,21H,2H2,1,3-5H3. The monoisotopic (exact) mass is 427 g/mol. The number of anilines is 2. The van der Waals surface area contributed by atoms with Crippen LogP contribution >= 0.6 is 23.1 Å². The van der Waals surface area contributed by atoms with Crippen LogP contribution in [-0.4, -0.2) is 43.4 Å². The summed E-state index contributed by atoms with van der Waals surface area (Å²) in [5.41, 5.74) is 2.72. The quantitative estimate of drug-likeness (QED) is 0.262. The van der Waals surface area contributed by atoms with E-state index < -0.39 is 5.91 Å². The smallest absolute Gasteiger partial charge is 0.271 e. The first-order valence-electron chi connectivity index (χ1n) is 8.64. The molecule has 0 aliphatic carbocycles. The maximum absolute atomic E-state index is 13.0. The van der Waals surface area contributed by atoms with Crippen LogP contribution < -0.4 is 14.5 Å². The summed E-state index contributed by atoms with van der Waals surface area (Å²) in [6, 6.07) is 7.41. The fourth-order valence-electron chi connectivity index (χ4n) is 2.71. The first kappa shape index (κ1) is 20.8. The highest BCUT2D eigenvalue weighted by Crippen LogP contribution is 2.35. The number of thiazole rings is 1. The van der Waals surface area contributed by atoms with Gasteiger partial charge >= 0.3 is 0 Å². The number of benzene rings is 1. The molecule has 1 N–H and O–H groups in total. The SMILES string of the molecule is C=C(Sc1nccc(N(C)C)c1C)C(=O)N(C=N)c1nc2ccc(OC)cc2s1. The van der Waals surface area contributed by atoms with Crippen LogP contribution in [0, 0.1) is 12.3 Å². The largest absolute Gasteiger partial charge is 0.497 e. The molecule has 0 fully saturated rings. The zero-order chi connectivity index (χ0) is 21.1. The maximum Gasteiger partial charge on any atom is 0.271 e. The molecule has 1 aromatic carbocycles. The second kappa shape index (κ2) is 8.62. The van der Waals surface area contributed by atoms with Gasteiger partial charge in [0, 0.05) is 31.5 Å². The van der Waals surface area contributed by atoms with Gasteiger partial charge in [0.05, 0.1) is 28.6 Å². The lowest BCUT2D eigenvalue weighted by molar-refractivity contribution is -0.113. The molecule has 2 heterocycles. The summed E-state index contributed by atoms with van der Waals surface area (Å²) in [4.78, 5) is 25.3. The van der Waals surface area contributed by atoms with Gasteiger partial charge in [0.25, 0.3) is 5.91 Å². The lowest BCUT2D eigenvalue weighted by atomic mass is 10.2. The van der Waals surface area contributed by atoms with Gasteiger partial charge in [-0.2, -0.15) is 0 Å². The van der Waals surface area contributed by atoms with Crippen molar-refractivity contribution in [2.45, 2.75) is 11.9 Å². The molecule has 0 radical (unpaired) electrons. The zero-order valence-corrected chi connectivity index (χ0v) is 18.2. The van der Waals surface area contributed by atoms with E-state index in [0.717, 1.165) is 27.8 Å². The number of carbonyl (C=O) groups excluding carboxylic acids is 1. The normalized spacial score (nSPS) is 10.6. The van der Waals surface area contributed by atoms with E-state index in [1.807, 2.05) is 50.2 Å². The molecule has 0 bridgehead atoms. The number of fused-ring (bicyclic) bond motifs is 1. The van der Waals surface area contributed by atoms with Gasteiger partial charge in [-0.25, -0.2) is 14.9 Å². The lowest BCUT2D eigenvalue weighted by Gasteiger charge is -2.18. The van der Waals surface area contributed by atoms with Crippen molar-refractivity contribution in [1.82, 2.24) is 9.97 Å². The van der Waals surface area contributed by atoms with E-state index in [1.165, 1.54) is 28.0 Å². The van der Waals surface area contributed by atoms with E-state index in [-0.39, 0.29) is 4.91 Å². The molecular formula is C20H21N5O2S2. The van der Waals surface area contributed by atoms with Gasteiger partial charge in [-0.1, -0.05) is 29.7 Å². The number of hydrogen-bond acceptors (Lipinski definition) is 8. The van der Waals surface area contributed by atoms with Crippen LogP contribution in [0.4, 0.5) is 10.8 Å². The third-order valence-electron chi connectivity index (χ3n) is 4.21. The molecule has 0 saturated carbocycles. The van der Waals surface area contributed by atoms with Crippen LogP contribution in [0.1, 0.15) is 5.56 Å². The van der Waals surface area contributed by atoms with Crippen molar-refractivity contribution < 1.29 is 9.53 Å². The molecule has 7 nitrogen and oxygen atoms in total. The molecule has 150 valence electrons. The van der Waals surface area contributed by atoms with Gasteiger partial charge < -0.3 is 9.64 Å². The van der Waals surface area contributed by atoms with Crippen LogP contribution in [0.2, 0.25) is 0 Å². The number of pyridine rings is 1. The van der Waals surface area contributed by atoms with Gasteiger partial charge in [-0.05, 0) is 31.2 Å². The third kappa shape index (κ3) is 4.25. The number of methoxy groups -OCH3 is 1. The summed E-state index contributed by atoms with van der Waals surface area (Å²) in [7, 11) is 5.50. The van der Waals surface area contributed by atoms with Crippen LogP contribution in [0.3, 0.4) is 0 Å². The molecule has 3 aromatic rings. The summed E-state index contributed by atoms with van der Waals surface area (Å²) in [5, 5.41) is 8.84. The van der Waals surface area contributed by atoms with Crippen molar-refractivity contribution >= 4 is 56.4 Å². The Hall–Kier alpha value is -2.91. The fraction of sp³-hybridized carbons (Fsp3) is 0.200. The van der Waals surface area contributed by atoms with E-state index in [0.29, 0.717) is 15.9 Å². The number of nitrogens with one attached hydrogen (secondary N) is 1. The number of rotatable bonds is 7. The number of nitrogens with zero attached hydrogens (tertiary/aromatic N) is 4. The van der Waals surface area contributed by atoms with E-state index in [2.05, 4.69) is 16.5 Å². The van der Waals surface area contributed by atoms with Crippen molar-refractivity contribution in [3.63, 3.8) is 0 Å². The molecule has 0 unspecified atom stereocenters. The lowest BCUT2D eigenvalue weighted by Crippen LogP contribution is -2.29. The summed E-state index contributed by atoms with van der Waals surface area (Å²) < 4.78 is 6.10. The molecule has 0 spiro atoms. The summed E-state index contributed by atoms with van der Waals surface area (Å²) in [5.74, 6) is 0.301. The average Bonchev–Trinajstić information content (AvgIpc) is 3.12. The van der Waals surface area contributed by atoms with Crippen molar-refractivity contribution in [3.05, 3.63) is 47.5 Å². The Bertz CT molecular complexity index is 1090. The molecule has 1 amide bonds. The maximum atomic E-state index is 13.0. The first-order chi connectivity index (χ1) is 13.8. The second-order valence-corrected chi connectivity index (χ2v) is 8.41. The van der Waals surface area contributed by atoms with Crippen molar-refractivity contribution in [2.24, 2.45) is 0 Å². The van der Waals surface area contributed by atoms with E-state index in [1.54, 1.807) is 13.3 Å². The number of hydrogen-bond donors (Lipinski definition) is 1. The Morgan fingerprint density at radius 2 is 2.10 bits per heavy atom. The zero-order valence-electron chi connectivity index (χ0n) is 16.6. The molecule has 2 aromatic heterocycles. The summed E-state index contributed by atoms with van der Waals surface area (Å²) in [6.45, 7) is 5.87. The second-order valence-electron chi connectivity index (χ2n) is 6.31. The summed E-state index contributed by atoms with van der Waals surface area (Å²) in [6.07, 6.45) is 2.66. The van der Waals surface area contributed by atoms with Crippen molar-refractivity contribution in [1.29, 1.82) is 5.41 Å². The van der Waals surface area contributed by atoms with Crippen LogP contribution in [-0.2, 0) is 4.79 Å². The molecule has 0 atom stereocenters. The van der Waals surface area contributed by atoms with Gasteiger partial charge in [-0.3, -0.25) is 10.2 Å². The Morgan fingerprint density at radius 3 is 2.76 bits per heavy atom. The molecule has 9 heteroatoms. The molecule has 0 saturated heterocycles. The van der Waals surface area contributed by atoms with Gasteiger partial charge in [0.1, 0.15) is 10.8 Å². The Kier molecular flexibility index (Phi) is 6.19. The number of ether oxygens (including phenoxy) is 1. The Labute approximate surface area is 177 Å². The molecule has 0 aliphatic rings. The third-order valence-corrected chi connectivity index (χ3v) is 6.25. The number of thioether (sulfide) groups is 1. The Morgan fingerprint density at radius 1 is 1.34 bits per heavy atom. The van der Waals surface area contributed by atoms with Crippen LogP contribution in [0.15, 0.2) is 47.0 Å². The van der Waals surface area contributed by atoms with Crippen molar-refractivity contribution in [3.8, 4) is 5.75 Å². The number of amides is 1. The average molecular weight is 428 g/mol.